The van der Waals surface area contributed by atoms with Crippen LogP contribution in [0, 0.1) is 5.92 Å². The van der Waals surface area contributed by atoms with E-state index in [1.54, 1.807) is 0 Å². The number of nitrogens with zero attached hydrogens (tertiary/aromatic N) is 2. The highest BCUT2D eigenvalue weighted by atomic mass is 16.5. The number of hydrogen-bond donors (Lipinski definition) is 2. The topological polar surface area (TPSA) is 73.1 Å². The monoisotopic (exact) mass is 414 g/mol. The number of benzene rings is 2. The summed E-state index contributed by atoms with van der Waals surface area (Å²) in [6.45, 7) is 2.09. The molecule has 5 nitrogen and oxygen atoms in total. The molecule has 1 saturated carbocycles. The molecule has 2 aromatic carbocycles. The number of allylic oxidation sites excluding steroid dienone is 2. The summed E-state index contributed by atoms with van der Waals surface area (Å²) in [7, 11) is 0. The van der Waals surface area contributed by atoms with Gasteiger partial charge < -0.3 is 15.8 Å². The van der Waals surface area contributed by atoms with Crippen molar-refractivity contribution in [2.24, 2.45) is 5.92 Å². The number of nitrogens with two attached hydrogens (primary N) is 1. The van der Waals surface area contributed by atoms with Crippen molar-refractivity contribution in [1.82, 2.24) is 9.97 Å². The lowest BCUT2D eigenvalue weighted by Gasteiger charge is -2.30. The van der Waals surface area contributed by atoms with Gasteiger partial charge in [0.2, 0.25) is 0 Å². The quantitative estimate of drug-likeness (QED) is 0.434. The molecule has 4 rings (SSSR count). The van der Waals surface area contributed by atoms with E-state index < -0.39 is 0 Å². The molecule has 0 radical (unpaired) electrons. The van der Waals surface area contributed by atoms with Crippen molar-refractivity contribution in [2.45, 2.75) is 45.1 Å². The second-order valence-corrected chi connectivity index (χ2v) is 8.10. The number of nitrogens with one attached hydrogen (secondary N) is 1. The molecule has 0 spiro atoms. The van der Waals surface area contributed by atoms with Gasteiger partial charge in [0, 0.05) is 6.04 Å². The molecular formula is C26H30N4O. The van der Waals surface area contributed by atoms with Gasteiger partial charge in [0.15, 0.2) is 0 Å². The molecule has 31 heavy (non-hydrogen) atoms. The van der Waals surface area contributed by atoms with Crippen molar-refractivity contribution >= 4 is 11.6 Å². The number of aromatic nitrogens is 2. The summed E-state index contributed by atoms with van der Waals surface area (Å²) in [4.78, 5) is 8.78. The first-order valence-corrected chi connectivity index (χ1v) is 11.0. The normalized spacial score (nSPS) is 18.7. The molecule has 3 N–H and O–H groups in total. The summed E-state index contributed by atoms with van der Waals surface area (Å²) >= 11 is 0. The highest BCUT2D eigenvalue weighted by Gasteiger charge is 2.23. The fourth-order valence-corrected chi connectivity index (χ4v) is 4.27. The van der Waals surface area contributed by atoms with E-state index in [1.807, 2.05) is 54.6 Å². The van der Waals surface area contributed by atoms with Crippen molar-refractivity contribution < 1.29 is 4.74 Å². The lowest BCUT2D eigenvalue weighted by molar-refractivity contribution is 0.337. The minimum atomic E-state index is 0.401. The number of ether oxygens (including phenoxy) is 1. The summed E-state index contributed by atoms with van der Waals surface area (Å²) in [5, 5.41) is 3.66. The number of anilines is 2. The molecule has 0 bridgehead atoms. The summed E-state index contributed by atoms with van der Waals surface area (Å²) < 4.78 is 5.91. The fourth-order valence-electron chi connectivity index (χ4n) is 4.27. The molecule has 3 aromatic rings. The summed E-state index contributed by atoms with van der Waals surface area (Å²) in [5.74, 6) is 3.60. The van der Waals surface area contributed by atoms with Gasteiger partial charge in [0.1, 0.15) is 29.5 Å². The van der Waals surface area contributed by atoms with E-state index >= 15 is 0 Å². The van der Waals surface area contributed by atoms with Gasteiger partial charge in [0.05, 0.1) is 5.56 Å². The molecule has 2 atom stereocenters. The van der Waals surface area contributed by atoms with Crippen LogP contribution in [0.3, 0.4) is 0 Å². The molecule has 1 aromatic heterocycles. The summed E-state index contributed by atoms with van der Waals surface area (Å²) in [6.07, 6.45) is 11.9. The third-order valence-electron chi connectivity index (χ3n) is 5.83. The molecule has 1 fully saturated rings. The molecule has 1 aliphatic carbocycles. The Hall–Kier alpha value is -3.34. The SMILES string of the molecule is CC=CC[C@@H]1CCC[C@@H](Nc2ncnc(N)c2-c2ccc(Oc3ccccc3)cc2)C1. The minimum Gasteiger partial charge on any atom is -0.457 e. The highest BCUT2D eigenvalue weighted by Crippen LogP contribution is 2.35. The van der Waals surface area contributed by atoms with Crippen LogP contribution < -0.4 is 15.8 Å². The van der Waals surface area contributed by atoms with Crippen LogP contribution in [0.15, 0.2) is 73.1 Å². The molecule has 0 aliphatic heterocycles. The Morgan fingerprint density at radius 3 is 2.58 bits per heavy atom. The zero-order valence-electron chi connectivity index (χ0n) is 18.0. The van der Waals surface area contributed by atoms with E-state index in [1.165, 1.54) is 19.2 Å². The second kappa shape index (κ2) is 10.1. The Balaban J connectivity index is 1.51. The molecule has 0 saturated heterocycles. The van der Waals surface area contributed by atoms with Crippen molar-refractivity contribution in [3.05, 3.63) is 73.1 Å². The van der Waals surface area contributed by atoms with Crippen LogP contribution >= 0.6 is 0 Å². The zero-order valence-corrected chi connectivity index (χ0v) is 18.0. The van der Waals surface area contributed by atoms with E-state index in [9.17, 15) is 0 Å². The van der Waals surface area contributed by atoms with E-state index in [2.05, 4.69) is 34.4 Å². The van der Waals surface area contributed by atoms with E-state index in [0.29, 0.717) is 11.9 Å². The van der Waals surface area contributed by atoms with Crippen molar-refractivity contribution in [1.29, 1.82) is 0 Å². The van der Waals surface area contributed by atoms with Gasteiger partial charge in [-0.15, -0.1) is 0 Å². The Labute approximate surface area is 184 Å². The zero-order chi connectivity index (χ0) is 21.5. The first-order valence-electron chi connectivity index (χ1n) is 11.0. The molecule has 1 aliphatic rings. The molecule has 5 heteroatoms. The Morgan fingerprint density at radius 1 is 1.03 bits per heavy atom. The van der Waals surface area contributed by atoms with Gasteiger partial charge in [0.25, 0.3) is 0 Å². The maximum atomic E-state index is 6.28. The highest BCUT2D eigenvalue weighted by molar-refractivity contribution is 5.83. The van der Waals surface area contributed by atoms with Gasteiger partial charge in [-0.3, -0.25) is 0 Å². The first-order chi connectivity index (χ1) is 15.2. The van der Waals surface area contributed by atoms with Crippen LogP contribution in [-0.4, -0.2) is 16.0 Å². The van der Waals surface area contributed by atoms with Crippen LogP contribution in [0.4, 0.5) is 11.6 Å². The Bertz CT molecular complexity index is 1000. The summed E-state index contributed by atoms with van der Waals surface area (Å²) in [6, 6.07) is 18.1. The lowest BCUT2D eigenvalue weighted by Crippen LogP contribution is -2.28. The Kier molecular flexibility index (Phi) is 6.82. The van der Waals surface area contributed by atoms with Gasteiger partial charge in [-0.2, -0.15) is 0 Å². The number of rotatable bonds is 7. The maximum absolute atomic E-state index is 6.28. The van der Waals surface area contributed by atoms with Crippen LogP contribution in [0.5, 0.6) is 11.5 Å². The minimum absolute atomic E-state index is 0.401. The predicted molar refractivity (Wildman–Crippen MR) is 127 cm³/mol. The average Bonchev–Trinajstić information content (AvgIpc) is 2.80. The van der Waals surface area contributed by atoms with Gasteiger partial charge in [-0.1, -0.05) is 48.9 Å². The second-order valence-electron chi connectivity index (χ2n) is 8.10. The predicted octanol–water partition coefficient (Wildman–Crippen LogP) is 6.46. The van der Waals surface area contributed by atoms with Gasteiger partial charge in [-0.05, 0) is 68.4 Å². The standard InChI is InChI=1S/C26H30N4O/c1-2-3-8-19-9-7-10-21(17-19)30-26-24(25(27)28-18-29-26)20-13-15-23(16-14-20)31-22-11-5-4-6-12-22/h2-6,11-16,18-19,21H,7-10,17H2,1H3,(H3,27,28,29,30)/t19-,21-/m1/s1. The van der Waals surface area contributed by atoms with Crippen LogP contribution in [0.1, 0.15) is 39.0 Å². The molecule has 1 heterocycles. The van der Waals surface area contributed by atoms with Gasteiger partial charge >= 0.3 is 0 Å². The first kappa shape index (κ1) is 20.9. The maximum Gasteiger partial charge on any atom is 0.139 e. The number of nitrogen functional groups attached to an aromatic ring is 1. The van der Waals surface area contributed by atoms with Gasteiger partial charge in [-0.25, -0.2) is 9.97 Å². The van der Waals surface area contributed by atoms with Crippen LogP contribution in [-0.2, 0) is 0 Å². The lowest BCUT2D eigenvalue weighted by atomic mass is 9.83. The molecule has 0 amide bonds. The number of hydrogen-bond acceptors (Lipinski definition) is 5. The van der Waals surface area contributed by atoms with E-state index in [-0.39, 0.29) is 0 Å². The molecular weight excluding hydrogens is 384 g/mol. The van der Waals surface area contributed by atoms with Crippen molar-refractivity contribution in [3.8, 4) is 22.6 Å². The summed E-state index contributed by atoms with van der Waals surface area (Å²) in [5.41, 5.74) is 8.11. The number of para-hydroxylation sites is 1. The largest absolute Gasteiger partial charge is 0.457 e. The van der Waals surface area contributed by atoms with Crippen molar-refractivity contribution in [2.75, 3.05) is 11.1 Å². The van der Waals surface area contributed by atoms with E-state index in [4.69, 9.17) is 10.5 Å². The van der Waals surface area contributed by atoms with Crippen LogP contribution in [0.25, 0.3) is 11.1 Å². The third kappa shape index (κ3) is 5.43. The van der Waals surface area contributed by atoms with Crippen LogP contribution in [0.2, 0.25) is 0 Å². The van der Waals surface area contributed by atoms with Crippen molar-refractivity contribution in [3.63, 3.8) is 0 Å². The molecule has 0 unspecified atom stereocenters. The van der Waals surface area contributed by atoms with E-state index in [0.717, 1.165) is 53.6 Å². The third-order valence-corrected chi connectivity index (χ3v) is 5.83. The molecule has 160 valence electrons. The Morgan fingerprint density at radius 2 is 1.81 bits per heavy atom. The smallest absolute Gasteiger partial charge is 0.139 e. The average molecular weight is 415 g/mol. The fraction of sp³-hybridized carbons (Fsp3) is 0.308.